The normalized spacial score (nSPS) is 15.3. The van der Waals surface area contributed by atoms with Crippen LogP contribution in [0.5, 0.6) is 0 Å². The van der Waals surface area contributed by atoms with E-state index in [9.17, 15) is 4.79 Å². The van der Waals surface area contributed by atoms with Gasteiger partial charge in [-0.1, -0.05) is 29.8 Å². The standard InChI is InChI=1S/C17H17N3O2S/c1-11-2-4-12(5-3-11)14-10-13-15(23-14)16(21)19-17(18-13)20-6-8-22-9-7-20/h2-5,10H,6-9H2,1H3,(H,18,19,21). The van der Waals surface area contributed by atoms with Crippen molar-refractivity contribution in [1.82, 2.24) is 9.97 Å². The highest BCUT2D eigenvalue weighted by atomic mass is 32.1. The molecule has 1 aliphatic rings. The number of rotatable bonds is 2. The largest absolute Gasteiger partial charge is 0.378 e. The van der Waals surface area contributed by atoms with Crippen molar-refractivity contribution in [2.24, 2.45) is 0 Å². The van der Waals surface area contributed by atoms with E-state index < -0.39 is 0 Å². The average Bonchev–Trinajstić information content (AvgIpc) is 3.01. The third kappa shape index (κ3) is 2.75. The van der Waals surface area contributed by atoms with Crippen LogP contribution in [0.3, 0.4) is 0 Å². The van der Waals surface area contributed by atoms with Crippen LogP contribution >= 0.6 is 11.3 Å². The molecule has 1 saturated heterocycles. The van der Waals surface area contributed by atoms with Crippen molar-refractivity contribution in [3.63, 3.8) is 0 Å². The number of hydrogen-bond donors (Lipinski definition) is 1. The Morgan fingerprint density at radius 3 is 2.70 bits per heavy atom. The number of thiophene rings is 1. The molecule has 23 heavy (non-hydrogen) atoms. The van der Waals surface area contributed by atoms with Gasteiger partial charge >= 0.3 is 0 Å². The smallest absolute Gasteiger partial charge is 0.270 e. The van der Waals surface area contributed by atoms with E-state index >= 15 is 0 Å². The highest BCUT2D eigenvalue weighted by Crippen LogP contribution is 2.31. The number of nitrogens with one attached hydrogen (secondary N) is 1. The molecular formula is C17H17N3O2S. The summed E-state index contributed by atoms with van der Waals surface area (Å²) in [6.45, 7) is 4.91. The van der Waals surface area contributed by atoms with Gasteiger partial charge in [-0.2, -0.15) is 0 Å². The van der Waals surface area contributed by atoms with Crippen molar-refractivity contribution in [3.05, 3.63) is 46.2 Å². The first-order chi connectivity index (χ1) is 11.2. The second kappa shape index (κ2) is 5.79. The Morgan fingerprint density at radius 1 is 1.22 bits per heavy atom. The molecule has 1 aliphatic heterocycles. The number of ether oxygens (including phenoxy) is 1. The lowest BCUT2D eigenvalue weighted by molar-refractivity contribution is 0.122. The Bertz CT molecular complexity index is 892. The number of fused-ring (bicyclic) bond motifs is 1. The Morgan fingerprint density at radius 2 is 1.96 bits per heavy atom. The van der Waals surface area contributed by atoms with Gasteiger partial charge in [-0.15, -0.1) is 11.3 Å². The van der Waals surface area contributed by atoms with E-state index in [2.05, 4.69) is 46.1 Å². The molecule has 3 aromatic rings. The number of anilines is 1. The van der Waals surface area contributed by atoms with Gasteiger partial charge in [-0.25, -0.2) is 4.98 Å². The number of morpholine rings is 1. The van der Waals surface area contributed by atoms with E-state index in [4.69, 9.17) is 4.74 Å². The molecule has 0 amide bonds. The Kier molecular flexibility index (Phi) is 3.63. The predicted molar refractivity (Wildman–Crippen MR) is 93.4 cm³/mol. The van der Waals surface area contributed by atoms with Gasteiger partial charge in [-0.3, -0.25) is 9.78 Å². The number of benzene rings is 1. The number of aromatic amines is 1. The molecule has 1 aromatic carbocycles. The molecule has 2 aromatic heterocycles. The first-order valence-electron chi connectivity index (χ1n) is 7.64. The molecule has 0 unspecified atom stereocenters. The van der Waals surface area contributed by atoms with Crippen LogP contribution in [0.4, 0.5) is 5.95 Å². The molecule has 1 fully saturated rings. The number of H-pyrrole nitrogens is 1. The highest BCUT2D eigenvalue weighted by molar-refractivity contribution is 7.22. The fourth-order valence-corrected chi connectivity index (χ4v) is 3.71. The quantitative estimate of drug-likeness (QED) is 0.786. The van der Waals surface area contributed by atoms with Gasteiger partial charge in [-0.05, 0) is 18.6 Å². The lowest BCUT2D eigenvalue weighted by Gasteiger charge is -2.26. The third-order valence-corrected chi connectivity index (χ3v) is 5.19. The zero-order valence-corrected chi connectivity index (χ0v) is 13.7. The van der Waals surface area contributed by atoms with Crippen molar-refractivity contribution in [3.8, 4) is 10.4 Å². The Hall–Kier alpha value is -2.18. The predicted octanol–water partition coefficient (Wildman–Crippen LogP) is 2.80. The fraction of sp³-hybridized carbons (Fsp3) is 0.294. The summed E-state index contributed by atoms with van der Waals surface area (Å²) in [5, 5.41) is 0. The van der Waals surface area contributed by atoms with Crippen molar-refractivity contribution >= 4 is 27.5 Å². The first-order valence-corrected chi connectivity index (χ1v) is 8.46. The van der Waals surface area contributed by atoms with E-state index in [-0.39, 0.29) is 5.56 Å². The van der Waals surface area contributed by atoms with Crippen LogP contribution in [0.2, 0.25) is 0 Å². The van der Waals surface area contributed by atoms with Gasteiger partial charge in [0, 0.05) is 18.0 Å². The lowest BCUT2D eigenvalue weighted by atomic mass is 10.1. The summed E-state index contributed by atoms with van der Waals surface area (Å²) in [5.74, 6) is 0.638. The molecule has 6 heteroatoms. The number of nitrogens with zero attached hydrogens (tertiary/aromatic N) is 2. The van der Waals surface area contributed by atoms with Crippen LogP contribution in [0, 0.1) is 6.92 Å². The van der Waals surface area contributed by atoms with Crippen LogP contribution in [-0.2, 0) is 4.74 Å². The van der Waals surface area contributed by atoms with Crippen LogP contribution in [0.1, 0.15) is 5.56 Å². The minimum absolute atomic E-state index is 0.0696. The van der Waals surface area contributed by atoms with Crippen molar-refractivity contribution in [1.29, 1.82) is 0 Å². The zero-order chi connectivity index (χ0) is 15.8. The van der Waals surface area contributed by atoms with E-state index in [1.807, 2.05) is 6.07 Å². The molecule has 0 bridgehead atoms. The average molecular weight is 327 g/mol. The summed E-state index contributed by atoms with van der Waals surface area (Å²) >= 11 is 1.49. The first kappa shape index (κ1) is 14.4. The molecule has 5 nitrogen and oxygen atoms in total. The molecule has 118 valence electrons. The van der Waals surface area contributed by atoms with E-state index in [1.165, 1.54) is 16.9 Å². The maximum absolute atomic E-state index is 12.4. The minimum Gasteiger partial charge on any atom is -0.378 e. The maximum Gasteiger partial charge on any atom is 0.270 e. The maximum atomic E-state index is 12.4. The molecule has 0 aliphatic carbocycles. The summed E-state index contributed by atoms with van der Waals surface area (Å²) < 4.78 is 6.03. The Labute approximate surface area is 137 Å². The number of aromatic nitrogens is 2. The van der Waals surface area contributed by atoms with Crippen LogP contribution in [-0.4, -0.2) is 36.3 Å². The summed E-state index contributed by atoms with van der Waals surface area (Å²) in [6.07, 6.45) is 0. The molecule has 0 saturated carbocycles. The SMILES string of the molecule is Cc1ccc(-c2cc3nc(N4CCOCC4)[nH]c(=O)c3s2)cc1. The van der Waals surface area contributed by atoms with Gasteiger partial charge in [0.2, 0.25) is 5.95 Å². The Balaban J connectivity index is 1.77. The molecule has 0 radical (unpaired) electrons. The number of hydrogen-bond acceptors (Lipinski definition) is 5. The number of aryl methyl sites for hydroxylation is 1. The van der Waals surface area contributed by atoms with Crippen molar-refractivity contribution in [2.75, 3.05) is 31.2 Å². The monoisotopic (exact) mass is 327 g/mol. The molecule has 1 N–H and O–H groups in total. The minimum atomic E-state index is -0.0696. The zero-order valence-electron chi connectivity index (χ0n) is 12.8. The summed E-state index contributed by atoms with van der Waals surface area (Å²) in [7, 11) is 0. The lowest BCUT2D eigenvalue weighted by Crippen LogP contribution is -2.38. The van der Waals surface area contributed by atoms with E-state index in [1.54, 1.807) is 0 Å². The molecule has 3 heterocycles. The molecule has 0 spiro atoms. The van der Waals surface area contributed by atoms with E-state index in [0.29, 0.717) is 23.9 Å². The van der Waals surface area contributed by atoms with Crippen molar-refractivity contribution in [2.45, 2.75) is 6.92 Å². The third-order valence-electron chi connectivity index (χ3n) is 4.02. The second-order valence-corrected chi connectivity index (χ2v) is 6.73. The van der Waals surface area contributed by atoms with Crippen LogP contribution in [0.15, 0.2) is 35.1 Å². The fourth-order valence-electron chi connectivity index (χ4n) is 2.71. The van der Waals surface area contributed by atoms with E-state index in [0.717, 1.165) is 29.0 Å². The topological polar surface area (TPSA) is 58.2 Å². The summed E-state index contributed by atoms with van der Waals surface area (Å²) in [6, 6.07) is 10.3. The summed E-state index contributed by atoms with van der Waals surface area (Å²) in [5.41, 5.74) is 3.03. The van der Waals surface area contributed by atoms with Gasteiger partial charge in [0.25, 0.3) is 5.56 Å². The van der Waals surface area contributed by atoms with Crippen LogP contribution in [0.25, 0.3) is 20.7 Å². The highest BCUT2D eigenvalue weighted by Gasteiger charge is 2.16. The van der Waals surface area contributed by atoms with Gasteiger partial charge in [0.15, 0.2) is 0 Å². The van der Waals surface area contributed by atoms with Gasteiger partial charge < -0.3 is 9.64 Å². The molecule has 0 atom stereocenters. The van der Waals surface area contributed by atoms with Crippen molar-refractivity contribution < 1.29 is 4.74 Å². The molecule has 4 rings (SSSR count). The summed E-state index contributed by atoms with van der Waals surface area (Å²) in [4.78, 5) is 23.1. The van der Waals surface area contributed by atoms with Crippen LogP contribution < -0.4 is 10.5 Å². The van der Waals surface area contributed by atoms with Gasteiger partial charge in [0.05, 0.1) is 18.7 Å². The second-order valence-electron chi connectivity index (χ2n) is 5.68. The molecular weight excluding hydrogens is 310 g/mol. The van der Waals surface area contributed by atoms with Gasteiger partial charge in [0.1, 0.15) is 4.70 Å².